The van der Waals surface area contributed by atoms with E-state index in [1.54, 1.807) is 12.1 Å². The van der Waals surface area contributed by atoms with Gasteiger partial charge in [0.15, 0.2) is 0 Å². The average molecular weight is 260 g/mol. The summed E-state index contributed by atoms with van der Waals surface area (Å²) in [6.07, 6.45) is 2.36. The van der Waals surface area contributed by atoms with Crippen molar-refractivity contribution in [3.05, 3.63) is 65.2 Å². The number of carbonyl (C=O) groups is 1. The minimum atomic E-state index is -0.542. The van der Waals surface area contributed by atoms with Crippen LogP contribution >= 0.6 is 0 Å². The molecular weight excluding hydrogens is 247 g/mol. The lowest BCUT2D eigenvalue weighted by atomic mass is 10.1. The smallest absolute Gasteiger partial charge is 0.253 e. The molecular formula is C14H13FN2O2. The Morgan fingerprint density at radius 3 is 2.53 bits per heavy atom. The number of amides is 1. The molecule has 0 aliphatic heterocycles. The van der Waals surface area contributed by atoms with Crippen LogP contribution in [0.5, 0.6) is 0 Å². The first-order valence-electron chi connectivity index (χ1n) is 5.76. The fourth-order valence-electron chi connectivity index (χ4n) is 1.58. The van der Waals surface area contributed by atoms with Gasteiger partial charge in [0.05, 0.1) is 18.4 Å². The molecule has 2 rings (SSSR count). The number of hydrogen-bond acceptors (Lipinski definition) is 3. The van der Waals surface area contributed by atoms with Crippen LogP contribution in [0.4, 0.5) is 4.39 Å². The van der Waals surface area contributed by atoms with Crippen LogP contribution in [-0.2, 0) is 13.2 Å². The van der Waals surface area contributed by atoms with E-state index in [0.29, 0.717) is 6.54 Å². The van der Waals surface area contributed by atoms with E-state index in [4.69, 9.17) is 5.11 Å². The summed E-state index contributed by atoms with van der Waals surface area (Å²) in [5.41, 5.74) is 1.89. The van der Waals surface area contributed by atoms with Crippen molar-refractivity contribution in [1.29, 1.82) is 0 Å². The van der Waals surface area contributed by atoms with Crippen molar-refractivity contribution in [2.45, 2.75) is 13.2 Å². The van der Waals surface area contributed by atoms with Gasteiger partial charge in [-0.05, 0) is 17.2 Å². The van der Waals surface area contributed by atoms with Crippen molar-refractivity contribution in [3.8, 4) is 0 Å². The Labute approximate surface area is 109 Å². The molecule has 1 amide bonds. The Morgan fingerprint density at radius 2 is 1.89 bits per heavy atom. The molecule has 0 aliphatic carbocycles. The third kappa shape index (κ3) is 3.59. The van der Waals surface area contributed by atoms with E-state index in [-0.39, 0.29) is 18.1 Å². The first-order valence-corrected chi connectivity index (χ1v) is 5.76. The number of benzene rings is 1. The topological polar surface area (TPSA) is 62.2 Å². The molecule has 0 fully saturated rings. The highest BCUT2D eigenvalue weighted by Gasteiger charge is 2.06. The van der Waals surface area contributed by atoms with Gasteiger partial charge in [0, 0.05) is 12.7 Å². The highest BCUT2D eigenvalue weighted by Crippen LogP contribution is 2.05. The van der Waals surface area contributed by atoms with E-state index < -0.39 is 5.82 Å². The molecule has 0 saturated heterocycles. The quantitative estimate of drug-likeness (QED) is 0.878. The second-order valence-corrected chi connectivity index (χ2v) is 4.05. The molecule has 0 atom stereocenters. The number of nitrogens with one attached hydrogen (secondary N) is 1. The standard InChI is InChI=1S/C14H13FN2O2/c15-13-5-12(7-16-8-13)14(19)17-6-10-1-3-11(9-18)4-2-10/h1-5,7-8,18H,6,9H2,(H,17,19). The first-order chi connectivity index (χ1) is 9.19. The van der Waals surface area contributed by atoms with Gasteiger partial charge in [0.25, 0.3) is 5.91 Å². The largest absolute Gasteiger partial charge is 0.392 e. The Bertz CT molecular complexity index is 570. The van der Waals surface area contributed by atoms with Crippen LogP contribution in [0.15, 0.2) is 42.7 Å². The third-order valence-electron chi connectivity index (χ3n) is 2.63. The fraction of sp³-hybridized carbons (Fsp3) is 0.143. The second kappa shape index (κ2) is 6.06. The lowest BCUT2D eigenvalue weighted by Gasteiger charge is -2.06. The molecule has 0 saturated carbocycles. The van der Waals surface area contributed by atoms with E-state index in [9.17, 15) is 9.18 Å². The maximum Gasteiger partial charge on any atom is 0.253 e. The molecule has 0 spiro atoms. The van der Waals surface area contributed by atoms with Gasteiger partial charge in [-0.3, -0.25) is 9.78 Å². The first kappa shape index (κ1) is 13.2. The summed E-state index contributed by atoms with van der Waals surface area (Å²) in [5.74, 6) is -0.918. The summed E-state index contributed by atoms with van der Waals surface area (Å²) >= 11 is 0. The zero-order valence-electron chi connectivity index (χ0n) is 10.1. The van der Waals surface area contributed by atoms with E-state index in [0.717, 1.165) is 23.4 Å². The zero-order chi connectivity index (χ0) is 13.7. The van der Waals surface area contributed by atoms with Gasteiger partial charge >= 0.3 is 0 Å². The molecule has 2 N–H and O–H groups in total. The monoisotopic (exact) mass is 260 g/mol. The van der Waals surface area contributed by atoms with E-state index >= 15 is 0 Å². The van der Waals surface area contributed by atoms with Crippen LogP contribution in [0.25, 0.3) is 0 Å². The summed E-state index contributed by atoms with van der Waals surface area (Å²) in [6, 6.07) is 8.33. The van der Waals surface area contributed by atoms with Crippen molar-refractivity contribution >= 4 is 5.91 Å². The zero-order valence-corrected chi connectivity index (χ0v) is 10.1. The minimum absolute atomic E-state index is 0.0123. The van der Waals surface area contributed by atoms with E-state index in [1.165, 1.54) is 6.20 Å². The van der Waals surface area contributed by atoms with E-state index in [2.05, 4.69) is 10.3 Å². The molecule has 2 aromatic rings. The van der Waals surface area contributed by atoms with Crippen molar-refractivity contribution in [2.75, 3.05) is 0 Å². The van der Waals surface area contributed by atoms with Gasteiger partial charge in [0.1, 0.15) is 5.82 Å². The highest BCUT2D eigenvalue weighted by molar-refractivity contribution is 5.93. The number of rotatable bonds is 4. The van der Waals surface area contributed by atoms with Crippen LogP contribution in [0.3, 0.4) is 0 Å². The summed E-state index contributed by atoms with van der Waals surface area (Å²) in [4.78, 5) is 15.4. The van der Waals surface area contributed by atoms with Gasteiger partial charge < -0.3 is 10.4 Å². The fourth-order valence-corrected chi connectivity index (χ4v) is 1.58. The molecule has 1 heterocycles. The summed E-state index contributed by atoms with van der Waals surface area (Å²) < 4.78 is 12.9. The SMILES string of the molecule is O=C(NCc1ccc(CO)cc1)c1cncc(F)c1. The second-order valence-electron chi connectivity index (χ2n) is 4.05. The average Bonchev–Trinajstić information content (AvgIpc) is 2.45. The molecule has 19 heavy (non-hydrogen) atoms. The number of hydrogen-bond donors (Lipinski definition) is 2. The highest BCUT2D eigenvalue weighted by atomic mass is 19.1. The minimum Gasteiger partial charge on any atom is -0.392 e. The number of aromatic nitrogens is 1. The molecule has 0 bridgehead atoms. The lowest BCUT2D eigenvalue weighted by molar-refractivity contribution is 0.0950. The summed E-state index contributed by atoms with van der Waals surface area (Å²) in [7, 11) is 0. The normalized spacial score (nSPS) is 10.2. The van der Waals surface area contributed by atoms with Crippen molar-refractivity contribution in [1.82, 2.24) is 10.3 Å². The lowest BCUT2D eigenvalue weighted by Crippen LogP contribution is -2.23. The molecule has 5 heteroatoms. The maximum atomic E-state index is 12.9. The predicted molar refractivity (Wildman–Crippen MR) is 67.7 cm³/mol. The van der Waals surface area contributed by atoms with Crippen LogP contribution in [0.1, 0.15) is 21.5 Å². The number of aliphatic hydroxyl groups is 1. The Balaban J connectivity index is 1.96. The number of carbonyl (C=O) groups excluding carboxylic acids is 1. The Hall–Kier alpha value is -2.27. The number of nitrogens with zero attached hydrogens (tertiary/aromatic N) is 1. The van der Waals surface area contributed by atoms with Crippen LogP contribution in [0, 0.1) is 5.82 Å². The van der Waals surface area contributed by atoms with Crippen LogP contribution in [-0.4, -0.2) is 16.0 Å². The van der Waals surface area contributed by atoms with Crippen molar-refractivity contribution in [2.24, 2.45) is 0 Å². The van der Waals surface area contributed by atoms with Crippen LogP contribution in [0.2, 0.25) is 0 Å². The number of halogens is 1. The van der Waals surface area contributed by atoms with E-state index in [1.807, 2.05) is 12.1 Å². The third-order valence-corrected chi connectivity index (χ3v) is 2.63. The van der Waals surface area contributed by atoms with Gasteiger partial charge in [-0.2, -0.15) is 0 Å². The predicted octanol–water partition coefficient (Wildman–Crippen LogP) is 1.64. The molecule has 0 aliphatic rings. The van der Waals surface area contributed by atoms with Gasteiger partial charge in [0.2, 0.25) is 0 Å². The molecule has 1 aromatic heterocycles. The van der Waals surface area contributed by atoms with Crippen molar-refractivity contribution < 1.29 is 14.3 Å². The van der Waals surface area contributed by atoms with Crippen molar-refractivity contribution in [3.63, 3.8) is 0 Å². The molecule has 4 nitrogen and oxygen atoms in total. The Morgan fingerprint density at radius 1 is 1.21 bits per heavy atom. The van der Waals surface area contributed by atoms with Crippen LogP contribution < -0.4 is 5.32 Å². The number of pyridine rings is 1. The van der Waals surface area contributed by atoms with Gasteiger partial charge in [-0.25, -0.2) is 4.39 Å². The summed E-state index contributed by atoms with van der Waals surface area (Å²) in [5, 5.41) is 11.6. The Kier molecular flexibility index (Phi) is 4.20. The van der Waals surface area contributed by atoms with Gasteiger partial charge in [-0.1, -0.05) is 24.3 Å². The molecule has 0 unspecified atom stereocenters. The van der Waals surface area contributed by atoms with Gasteiger partial charge in [-0.15, -0.1) is 0 Å². The summed E-state index contributed by atoms with van der Waals surface area (Å²) in [6.45, 7) is 0.322. The maximum absolute atomic E-state index is 12.9. The number of aliphatic hydroxyl groups excluding tert-OH is 1. The molecule has 0 radical (unpaired) electrons. The molecule has 98 valence electrons. The molecule has 1 aromatic carbocycles.